The molecule has 7 heteroatoms. The number of carbonyl (C=O) groups is 2. The average molecular weight is 501 g/mol. The molecule has 1 aliphatic heterocycles. The van der Waals surface area contributed by atoms with Crippen LogP contribution in [0.1, 0.15) is 70.6 Å². The Hall–Kier alpha value is -2.06. The van der Waals surface area contributed by atoms with Crippen LogP contribution in [0.15, 0.2) is 42.5 Å². The van der Waals surface area contributed by atoms with Crippen LogP contribution in [0.5, 0.6) is 0 Å². The maximum absolute atomic E-state index is 13.4. The zero-order valence-corrected chi connectivity index (χ0v) is 22.0. The Balaban J connectivity index is 1.81. The Morgan fingerprint density at radius 1 is 1.17 bits per heavy atom. The summed E-state index contributed by atoms with van der Waals surface area (Å²) >= 11 is 0. The van der Waals surface area contributed by atoms with Gasteiger partial charge in [-0.25, -0.2) is 0 Å². The highest BCUT2D eigenvalue weighted by Gasteiger charge is 2.46. The highest BCUT2D eigenvalue weighted by Crippen LogP contribution is 2.37. The van der Waals surface area contributed by atoms with E-state index in [0.717, 1.165) is 57.4 Å². The van der Waals surface area contributed by atoms with E-state index in [-0.39, 0.29) is 36.5 Å². The lowest BCUT2D eigenvalue weighted by molar-refractivity contribution is -0.137. The van der Waals surface area contributed by atoms with Crippen LogP contribution in [-0.2, 0) is 19.1 Å². The van der Waals surface area contributed by atoms with Crippen LogP contribution >= 0.6 is 0 Å². The third kappa shape index (κ3) is 8.23. The smallest absolute Gasteiger partial charge is 0.303 e. The van der Waals surface area contributed by atoms with Gasteiger partial charge in [0.1, 0.15) is 6.23 Å². The molecule has 1 aromatic carbocycles. The number of ether oxygens (including phenoxy) is 2. The van der Waals surface area contributed by atoms with E-state index in [1.807, 2.05) is 6.07 Å². The van der Waals surface area contributed by atoms with Gasteiger partial charge in [0, 0.05) is 44.9 Å². The number of hydrogen-bond acceptors (Lipinski definition) is 6. The molecular weight excluding hydrogens is 456 g/mol. The highest BCUT2D eigenvalue weighted by molar-refractivity contribution is 5.87. The van der Waals surface area contributed by atoms with Gasteiger partial charge in [-0.3, -0.25) is 19.4 Å². The van der Waals surface area contributed by atoms with Crippen molar-refractivity contribution in [3.63, 3.8) is 0 Å². The van der Waals surface area contributed by atoms with Crippen molar-refractivity contribution >= 4 is 11.8 Å². The molecule has 1 heterocycles. The van der Waals surface area contributed by atoms with Crippen LogP contribution in [-0.4, -0.2) is 78.2 Å². The van der Waals surface area contributed by atoms with E-state index in [1.54, 1.807) is 0 Å². The van der Waals surface area contributed by atoms with Crippen molar-refractivity contribution in [3.8, 4) is 0 Å². The molecule has 1 aliphatic carbocycles. The number of carboxylic acids is 1. The van der Waals surface area contributed by atoms with Crippen LogP contribution in [0.2, 0.25) is 0 Å². The Morgan fingerprint density at radius 2 is 1.86 bits per heavy atom. The molecule has 0 amide bonds. The highest BCUT2D eigenvalue weighted by atomic mass is 16.5. The molecule has 1 saturated carbocycles. The minimum Gasteiger partial charge on any atom is -0.481 e. The molecule has 7 nitrogen and oxygen atoms in total. The standard InChI is InChI=1S/C29H44N2O5/c1-3-16-31(17-4-2)29(23-12-8-7-9-13-23)36-26-22-25(32)28(30-18-20-35-21-19-30)24(26)14-10-5-6-11-15-27(33)34/h5,7-10,12-13,24,26,28-29H,3-4,6,11,14-22H2,1-2H3,(H,33,34)/t24-,26-,28+,29?/m1/s1. The van der Waals surface area contributed by atoms with E-state index < -0.39 is 5.97 Å². The Bertz CT molecular complexity index is 818. The lowest BCUT2D eigenvalue weighted by Crippen LogP contribution is -2.49. The zero-order chi connectivity index (χ0) is 25.8. The predicted octanol–water partition coefficient (Wildman–Crippen LogP) is 4.68. The van der Waals surface area contributed by atoms with Gasteiger partial charge in [0.25, 0.3) is 0 Å². The largest absolute Gasteiger partial charge is 0.481 e. The molecule has 0 radical (unpaired) electrons. The molecule has 36 heavy (non-hydrogen) atoms. The fourth-order valence-corrected chi connectivity index (χ4v) is 5.49. The number of rotatable bonds is 15. The lowest BCUT2D eigenvalue weighted by atomic mass is 9.95. The van der Waals surface area contributed by atoms with Gasteiger partial charge in [-0.2, -0.15) is 0 Å². The Labute approximate surface area is 216 Å². The predicted molar refractivity (Wildman–Crippen MR) is 141 cm³/mol. The molecule has 2 aliphatic rings. The summed E-state index contributed by atoms with van der Waals surface area (Å²) in [5.41, 5.74) is 1.13. The summed E-state index contributed by atoms with van der Waals surface area (Å²) in [6.07, 6.45) is 8.61. The molecule has 1 N–H and O–H groups in total. The SMILES string of the molecule is CCCN(CCC)C(O[C@@H]1CC(=O)[C@@H](N2CCOCC2)[C@@H]1CC=CCCCC(=O)O)c1ccccc1. The van der Waals surface area contributed by atoms with Gasteiger partial charge in [-0.05, 0) is 37.7 Å². The first kappa shape index (κ1) is 28.5. The van der Waals surface area contributed by atoms with Crippen molar-refractivity contribution in [2.75, 3.05) is 39.4 Å². The van der Waals surface area contributed by atoms with Crippen molar-refractivity contribution in [1.82, 2.24) is 9.80 Å². The second-order valence-electron chi connectivity index (χ2n) is 9.89. The van der Waals surface area contributed by atoms with Gasteiger partial charge < -0.3 is 14.6 Å². The van der Waals surface area contributed by atoms with Gasteiger partial charge in [0.2, 0.25) is 0 Å². The van der Waals surface area contributed by atoms with Crippen molar-refractivity contribution in [3.05, 3.63) is 48.0 Å². The van der Waals surface area contributed by atoms with Gasteiger partial charge in [0.15, 0.2) is 5.78 Å². The second-order valence-corrected chi connectivity index (χ2v) is 9.89. The number of carboxylic acid groups (broad SMARTS) is 1. The molecule has 1 saturated heterocycles. The first-order valence-corrected chi connectivity index (χ1v) is 13.7. The number of allylic oxidation sites excluding steroid dienone is 2. The topological polar surface area (TPSA) is 79.3 Å². The number of Topliss-reactive ketones (excluding diaryl/α,β-unsaturated/α-hetero) is 1. The maximum atomic E-state index is 13.4. The van der Waals surface area contributed by atoms with Gasteiger partial charge >= 0.3 is 5.97 Å². The summed E-state index contributed by atoms with van der Waals surface area (Å²) in [5.74, 6) is -0.445. The van der Waals surface area contributed by atoms with Crippen LogP contribution < -0.4 is 0 Å². The molecular formula is C29H44N2O5. The molecule has 1 aromatic rings. The number of carbonyl (C=O) groups excluding carboxylic acids is 1. The van der Waals surface area contributed by atoms with Crippen LogP contribution in [0.3, 0.4) is 0 Å². The number of ketones is 1. The number of morpholine rings is 1. The van der Waals surface area contributed by atoms with E-state index in [9.17, 15) is 9.59 Å². The van der Waals surface area contributed by atoms with Gasteiger partial charge in [-0.1, -0.05) is 56.3 Å². The molecule has 0 bridgehead atoms. The molecule has 1 unspecified atom stereocenters. The minimum absolute atomic E-state index is 0.0580. The second kappa shape index (κ2) is 15.3. The Kier molecular flexibility index (Phi) is 12.1. The van der Waals surface area contributed by atoms with Crippen LogP contribution in [0.4, 0.5) is 0 Å². The molecule has 4 atom stereocenters. The Morgan fingerprint density at radius 3 is 2.50 bits per heavy atom. The van der Waals surface area contributed by atoms with Crippen molar-refractivity contribution in [1.29, 1.82) is 0 Å². The summed E-state index contributed by atoms with van der Waals surface area (Å²) in [5, 5.41) is 8.89. The maximum Gasteiger partial charge on any atom is 0.303 e. The first-order chi connectivity index (χ1) is 17.5. The fourth-order valence-electron chi connectivity index (χ4n) is 5.49. The van der Waals surface area contributed by atoms with Crippen molar-refractivity contribution in [2.24, 2.45) is 5.92 Å². The van der Waals surface area contributed by atoms with E-state index in [4.69, 9.17) is 14.6 Å². The lowest BCUT2D eigenvalue weighted by Gasteiger charge is -2.38. The summed E-state index contributed by atoms with van der Waals surface area (Å²) < 4.78 is 12.5. The minimum atomic E-state index is -0.763. The normalized spacial score (nSPS) is 24.1. The number of unbranched alkanes of at least 4 members (excludes halogenated alkanes) is 1. The molecule has 2 fully saturated rings. The van der Waals surface area contributed by atoms with E-state index in [0.29, 0.717) is 26.1 Å². The third-order valence-corrected chi connectivity index (χ3v) is 7.13. The molecule has 0 spiro atoms. The van der Waals surface area contributed by atoms with Crippen LogP contribution in [0.25, 0.3) is 0 Å². The number of benzene rings is 1. The number of aliphatic carboxylic acids is 1. The van der Waals surface area contributed by atoms with E-state index in [1.165, 1.54) is 0 Å². The summed E-state index contributed by atoms with van der Waals surface area (Å²) in [6, 6.07) is 10.2. The van der Waals surface area contributed by atoms with Crippen LogP contribution in [0, 0.1) is 5.92 Å². The summed E-state index contributed by atoms with van der Waals surface area (Å²) in [7, 11) is 0. The van der Waals surface area contributed by atoms with E-state index in [2.05, 4.69) is 60.1 Å². The van der Waals surface area contributed by atoms with Gasteiger partial charge in [-0.15, -0.1) is 0 Å². The first-order valence-electron chi connectivity index (χ1n) is 13.7. The van der Waals surface area contributed by atoms with Crippen molar-refractivity contribution in [2.45, 2.75) is 77.2 Å². The fraction of sp³-hybridized carbons (Fsp3) is 0.655. The molecule has 0 aromatic heterocycles. The number of nitrogens with zero attached hydrogens (tertiary/aromatic N) is 2. The molecule has 200 valence electrons. The third-order valence-electron chi connectivity index (χ3n) is 7.13. The monoisotopic (exact) mass is 500 g/mol. The number of hydrogen-bond donors (Lipinski definition) is 1. The molecule has 3 rings (SSSR count). The quantitative estimate of drug-likeness (QED) is 0.213. The van der Waals surface area contributed by atoms with E-state index >= 15 is 0 Å². The van der Waals surface area contributed by atoms with Crippen molar-refractivity contribution < 1.29 is 24.2 Å². The summed E-state index contributed by atoms with van der Waals surface area (Å²) in [4.78, 5) is 28.9. The van der Waals surface area contributed by atoms with Gasteiger partial charge in [0.05, 0.1) is 25.4 Å². The zero-order valence-electron chi connectivity index (χ0n) is 22.0. The average Bonchev–Trinajstić information content (AvgIpc) is 3.19. The summed E-state index contributed by atoms with van der Waals surface area (Å²) in [6.45, 7) is 9.10.